The number of ether oxygens (including phenoxy) is 3. The third-order valence-electron chi connectivity index (χ3n) is 3.87. The van der Waals surface area contributed by atoms with Crippen molar-refractivity contribution in [1.82, 2.24) is 5.43 Å². The summed E-state index contributed by atoms with van der Waals surface area (Å²) < 4.78 is 15.9. The van der Waals surface area contributed by atoms with E-state index in [1.165, 1.54) is 20.4 Å². The predicted octanol–water partition coefficient (Wildman–Crippen LogP) is 3.09. The zero-order valence-corrected chi connectivity index (χ0v) is 15.0. The van der Waals surface area contributed by atoms with Crippen molar-refractivity contribution in [3.8, 4) is 17.2 Å². The molecule has 2 aromatic rings. The summed E-state index contributed by atoms with van der Waals surface area (Å²) in [5.74, 6) is 1.22. The van der Waals surface area contributed by atoms with E-state index in [4.69, 9.17) is 14.2 Å². The van der Waals surface area contributed by atoms with E-state index >= 15 is 0 Å². The van der Waals surface area contributed by atoms with Crippen molar-refractivity contribution < 1.29 is 19.0 Å². The lowest BCUT2D eigenvalue weighted by molar-refractivity contribution is 0.0955. The van der Waals surface area contributed by atoms with Crippen LogP contribution in [-0.2, 0) is 0 Å². The quantitative estimate of drug-likeness (QED) is 0.647. The van der Waals surface area contributed by atoms with Gasteiger partial charge in [-0.1, -0.05) is 6.07 Å². The summed E-state index contributed by atoms with van der Waals surface area (Å²) >= 11 is 0. The van der Waals surface area contributed by atoms with Gasteiger partial charge >= 0.3 is 0 Å². The Morgan fingerprint density at radius 1 is 0.960 bits per heavy atom. The number of hydrogen-bond donors (Lipinski definition) is 1. The molecular formula is C19H22N2O4. The van der Waals surface area contributed by atoms with E-state index in [1.807, 2.05) is 26.0 Å². The lowest BCUT2D eigenvalue weighted by atomic mass is 10.1. The molecule has 0 aliphatic heterocycles. The number of nitrogens with one attached hydrogen (secondary N) is 1. The first kappa shape index (κ1) is 18.3. The average molecular weight is 342 g/mol. The number of aryl methyl sites for hydroxylation is 2. The van der Waals surface area contributed by atoms with Crippen LogP contribution in [0.3, 0.4) is 0 Å². The average Bonchev–Trinajstić information content (AvgIpc) is 2.62. The molecule has 25 heavy (non-hydrogen) atoms. The summed E-state index contributed by atoms with van der Waals surface area (Å²) in [6, 6.07) is 9.02. The maximum absolute atomic E-state index is 12.2. The monoisotopic (exact) mass is 342 g/mol. The molecular weight excluding hydrogens is 320 g/mol. The first-order chi connectivity index (χ1) is 12.0. The van der Waals surface area contributed by atoms with Crippen molar-refractivity contribution >= 4 is 12.1 Å². The summed E-state index contributed by atoms with van der Waals surface area (Å²) in [4.78, 5) is 12.2. The predicted molar refractivity (Wildman–Crippen MR) is 97.1 cm³/mol. The van der Waals surface area contributed by atoms with Crippen LogP contribution >= 0.6 is 0 Å². The number of carbonyl (C=O) groups is 1. The first-order valence-corrected chi connectivity index (χ1v) is 7.71. The van der Waals surface area contributed by atoms with Gasteiger partial charge in [-0.25, -0.2) is 5.43 Å². The van der Waals surface area contributed by atoms with Crippen LogP contribution in [0.1, 0.15) is 27.0 Å². The fraction of sp³-hybridized carbons (Fsp3) is 0.263. The molecule has 6 heteroatoms. The lowest BCUT2D eigenvalue weighted by Gasteiger charge is -2.13. The van der Waals surface area contributed by atoms with Crippen LogP contribution in [0.25, 0.3) is 0 Å². The summed E-state index contributed by atoms with van der Waals surface area (Å²) in [5.41, 5.74) is 5.91. The molecule has 0 aliphatic carbocycles. The second-order valence-corrected chi connectivity index (χ2v) is 5.42. The highest BCUT2D eigenvalue weighted by Gasteiger charge is 2.14. The molecule has 0 saturated carbocycles. The Morgan fingerprint density at radius 3 is 2.28 bits per heavy atom. The smallest absolute Gasteiger partial charge is 0.271 e. The van der Waals surface area contributed by atoms with Crippen LogP contribution in [0.4, 0.5) is 0 Å². The maximum Gasteiger partial charge on any atom is 0.271 e. The molecule has 0 saturated heterocycles. The zero-order chi connectivity index (χ0) is 18.4. The van der Waals surface area contributed by atoms with Gasteiger partial charge in [0.1, 0.15) is 0 Å². The van der Waals surface area contributed by atoms with Crippen molar-refractivity contribution in [1.29, 1.82) is 0 Å². The van der Waals surface area contributed by atoms with E-state index in [2.05, 4.69) is 10.5 Å². The van der Waals surface area contributed by atoms with E-state index in [0.717, 1.165) is 11.1 Å². The third kappa shape index (κ3) is 4.09. The first-order valence-electron chi connectivity index (χ1n) is 7.71. The van der Waals surface area contributed by atoms with Crippen molar-refractivity contribution in [2.24, 2.45) is 5.10 Å². The number of amides is 1. The van der Waals surface area contributed by atoms with Gasteiger partial charge in [0.25, 0.3) is 5.91 Å². The largest absolute Gasteiger partial charge is 0.493 e. The van der Waals surface area contributed by atoms with Gasteiger partial charge in [-0.15, -0.1) is 0 Å². The Kier molecular flexibility index (Phi) is 6.00. The number of methoxy groups -OCH3 is 3. The number of rotatable bonds is 6. The molecule has 0 aliphatic rings. The Balaban J connectivity index is 2.19. The summed E-state index contributed by atoms with van der Waals surface area (Å²) in [6.07, 6.45) is 1.50. The minimum Gasteiger partial charge on any atom is -0.493 e. The van der Waals surface area contributed by atoms with Crippen LogP contribution < -0.4 is 19.6 Å². The van der Waals surface area contributed by atoms with E-state index < -0.39 is 0 Å². The standard InChI is InChI=1S/C19H22N2O4/c1-12-6-7-14(10-13(12)2)19(22)21-20-11-15-8-9-16(23-3)18(25-5)17(15)24-4/h6-11H,1-5H3,(H,21,22)/b20-11+. The fourth-order valence-corrected chi connectivity index (χ4v) is 2.33. The van der Waals surface area contributed by atoms with Gasteiger partial charge in [0, 0.05) is 11.1 Å². The molecule has 0 radical (unpaired) electrons. The van der Waals surface area contributed by atoms with Gasteiger partial charge in [0.2, 0.25) is 5.75 Å². The van der Waals surface area contributed by atoms with Gasteiger partial charge in [-0.2, -0.15) is 5.10 Å². The van der Waals surface area contributed by atoms with Crippen molar-refractivity contribution in [2.75, 3.05) is 21.3 Å². The number of hydrazone groups is 1. The van der Waals surface area contributed by atoms with Gasteiger partial charge in [-0.3, -0.25) is 4.79 Å². The Labute approximate surface area is 147 Å². The molecule has 2 rings (SSSR count). The number of nitrogens with zero attached hydrogens (tertiary/aromatic N) is 1. The van der Waals surface area contributed by atoms with Crippen molar-refractivity contribution in [3.63, 3.8) is 0 Å². The van der Waals surface area contributed by atoms with E-state index in [9.17, 15) is 4.79 Å². The molecule has 1 amide bonds. The second kappa shape index (κ2) is 8.19. The van der Waals surface area contributed by atoms with Gasteiger partial charge in [-0.05, 0) is 49.2 Å². The van der Waals surface area contributed by atoms with Crippen molar-refractivity contribution in [2.45, 2.75) is 13.8 Å². The molecule has 0 atom stereocenters. The summed E-state index contributed by atoms with van der Waals surface area (Å²) in [6.45, 7) is 3.96. The molecule has 0 bridgehead atoms. The molecule has 132 valence electrons. The normalized spacial score (nSPS) is 10.6. The van der Waals surface area contributed by atoms with Crippen LogP contribution in [-0.4, -0.2) is 33.5 Å². The van der Waals surface area contributed by atoms with Gasteiger partial charge in [0.15, 0.2) is 11.5 Å². The van der Waals surface area contributed by atoms with Crippen LogP contribution in [0.5, 0.6) is 17.2 Å². The highest BCUT2D eigenvalue weighted by molar-refractivity contribution is 5.95. The minimum atomic E-state index is -0.279. The molecule has 1 N–H and O–H groups in total. The Morgan fingerprint density at radius 2 is 1.68 bits per heavy atom. The summed E-state index contributed by atoms with van der Waals surface area (Å²) in [7, 11) is 4.61. The van der Waals surface area contributed by atoms with E-state index in [1.54, 1.807) is 25.3 Å². The zero-order valence-electron chi connectivity index (χ0n) is 15.0. The van der Waals surface area contributed by atoms with E-state index in [-0.39, 0.29) is 5.91 Å². The highest BCUT2D eigenvalue weighted by atomic mass is 16.5. The molecule has 0 fully saturated rings. The minimum absolute atomic E-state index is 0.279. The SMILES string of the molecule is COc1ccc(/C=N/NC(=O)c2ccc(C)c(C)c2)c(OC)c1OC. The number of hydrogen-bond acceptors (Lipinski definition) is 5. The van der Waals surface area contributed by atoms with Crippen LogP contribution in [0.15, 0.2) is 35.4 Å². The van der Waals surface area contributed by atoms with Crippen LogP contribution in [0, 0.1) is 13.8 Å². The topological polar surface area (TPSA) is 69.2 Å². The van der Waals surface area contributed by atoms with Gasteiger partial charge < -0.3 is 14.2 Å². The lowest BCUT2D eigenvalue weighted by Crippen LogP contribution is -2.17. The fourth-order valence-electron chi connectivity index (χ4n) is 2.33. The molecule has 2 aromatic carbocycles. The maximum atomic E-state index is 12.2. The molecule has 0 unspecified atom stereocenters. The van der Waals surface area contributed by atoms with Crippen LogP contribution in [0.2, 0.25) is 0 Å². The van der Waals surface area contributed by atoms with Crippen molar-refractivity contribution in [3.05, 3.63) is 52.6 Å². The second-order valence-electron chi connectivity index (χ2n) is 5.42. The molecule has 0 spiro atoms. The molecule has 0 heterocycles. The van der Waals surface area contributed by atoms with E-state index in [0.29, 0.717) is 28.4 Å². The Hall–Kier alpha value is -3.02. The summed E-state index contributed by atoms with van der Waals surface area (Å²) in [5, 5.41) is 4.01. The highest BCUT2D eigenvalue weighted by Crippen LogP contribution is 2.38. The Bertz CT molecular complexity index is 800. The molecule has 6 nitrogen and oxygen atoms in total. The number of carbonyl (C=O) groups excluding carboxylic acids is 1. The molecule has 0 aromatic heterocycles. The van der Waals surface area contributed by atoms with Gasteiger partial charge in [0.05, 0.1) is 27.5 Å². The third-order valence-corrected chi connectivity index (χ3v) is 3.87. The number of benzene rings is 2.